The van der Waals surface area contributed by atoms with Crippen LogP contribution in [0.15, 0.2) is 53.7 Å². The molecule has 0 saturated carbocycles. The van der Waals surface area contributed by atoms with E-state index < -0.39 is 28.1 Å². The van der Waals surface area contributed by atoms with E-state index in [1.54, 1.807) is 18.3 Å². The molecule has 1 N–H and O–H groups in total. The summed E-state index contributed by atoms with van der Waals surface area (Å²) in [5.41, 5.74) is 0.357. The predicted octanol–water partition coefficient (Wildman–Crippen LogP) is 0.910. The van der Waals surface area contributed by atoms with Gasteiger partial charge in [0.25, 0.3) is 0 Å². The molecule has 1 aliphatic heterocycles. The SMILES string of the molecule is CNC(=O)[C@@H]1C[C@H](Oc2cccnc2)CN1S(=O)(=O)c1ccc(C#N)cc1. The van der Waals surface area contributed by atoms with Crippen LogP contribution in [0.2, 0.25) is 0 Å². The van der Waals surface area contributed by atoms with Crippen LogP contribution in [-0.4, -0.2) is 49.4 Å². The molecule has 3 rings (SSSR count). The van der Waals surface area contributed by atoms with E-state index in [1.807, 2.05) is 6.07 Å². The molecule has 1 saturated heterocycles. The quantitative estimate of drug-likeness (QED) is 0.817. The summed E-state index contributed by atoms with van der Waals surface area (Å²) >= 11 is 0. The van der Waals surface area contributed by atoms with Crippen molar-refractivity contribution in [2.24, 2.45) is 0 Å². The van der Waals surface area contributed by atoms with Crippen LogP contribution in [0, 0.1) is 11.3 Å². The topological polar surface area (TPSA) is 112 Å². The zero-order valence-corrected chi connectivity index (χ0v) is 15.4. The predicted molar refractivity (Wildman–Crippen MR) is 96.2 cm³/mol. The van der Waals surface area contributed by atoms with Gasteiger partial charge in [-0.25, -0.2) is 8.42 Å². The van der Waals surface area contributed by atoms with Gasteiger partial charge in [-0.15, -0.1) is 0 Å². The number of pyridine rings is 1. The van der Waals surface area contributed by atoms with Gasteiger partial charge in [-0.1, -0.05) is 0 Å². The molecule has 9 heteroatoms. The number of nitrogens with one attached hydrogen (secondary N) is 1. The molecule has 140 valence electrons. The van der Waals surface area contributed by atoms with Crippen LogP contribution in [0.3, 0.4) is 0 Å². The molecule has 8 nitrogen and oxygen atoms in total. The zero-order chi connectivity index (χ0) is 19.4. The van der Waals surface area contributed by atoms with Gasteiger partial charge in [0, 0.05) is 19.7 Å². The van der Waals surface area contributed by atoms with Crippen LogP contribution in [0.4, 0.5) is 0 Å². The van der Waals surface area contributed by atoms with Gasteiger partial charge in [-0.3, -0.25) is 9.78 Å². The molecular formula is C18H18N4O4S. The Kier molecular flexibility index (Phi) is 5.39. The number of nitrogens with zero attached hydrogens (tertiary/aromatic N) is 3. The van der Waals surface area contributed by atoms with Gasteiger partial charge >= 0.3 is 0 Å². The van der Waals surface area contributed by atoms with Gasteiger partial charge in [-0.2, -0.15) is 9.57 Å². The lowest BCUT2D eigenvalue weighted by Gasteiger charge is -2.22. The second-order valence-corrected chi connectivity index (χ2v) is 7.90. The van der Waals surface area contributed by atoms with E-state index in [-0.39, 0.29) is 17.9 Å². The second-order valence-electron chi connectivity index (χ2n) is 6.01. The molecule has 1 aliphatic rings. The lowest BCUT2D eigenvalue weighted by atomic mass is 10.2. The van der Waals surface area contributed by atoms with Crippen molar-refractivity contribution in [1.29, 1.82) is 5.26 Å². The average Bonchev–Trinajstić information content (AvgIpc) is 3.13. The van der Waals surface area contributed by atoms with Gasteiger partial charge < -0.3 is 10.1 Å². The Bertz CT molecular complexity index is 955. The van der Waals surface area contributed by atoms with E-state index in [0.717, 1.165) is 4.31 Å². The Hall–Kier alpha value is -2.96. The lowest BCUT2D eigenvalue weighted by molar-refractivity contribution is -0.123. The van der Waals surface area contributed by atoms with Gasteiger partial charge in [0.05, 0.1) is 29.3 Å². The zero-order valence-electron chi connectivity index (χ0n) is 14.6. The first-order valence-electron chi connectivity index (χ1n) is 8.26. The maximum absolute atomic E-state index is 13.1. The fourth-order valence-corrected chi connectivity index (χ4v) is 4.60. The third kappa shape index (κ3) is 3.92. The minimum atomic E-state index is -3.93. The molecule has 27 heavy (non-hydrogen) atoms. The van der Waals surface area contributed by atoms with Crippen LogP contribution >= 0.6 is 0 Å². The average molecular weight is 386 g/mol. The minimum Gasteiger partial charge on any atom is -0.487 e. The van der Waals surface area contributed by atoms with Crippen molar-refractivity contribution in [3.8, 4) is 11.8 Å². The molecule has 1 aromatic carbocycles. The molecule has 0 aliphatic carbocycles. The van der Waals surface area contributed by atoms with Gasteiger partial charge in [0.15, 0.2) is 0 Å². The number of likely N-dealkylation sites (N-methyl/N-ethyl adjacent to an activating group) is 1. The highest BCUT2D eigenvalue weighted by Crippen LogP contribution is 2.29. The van der Waals surface area contributed by atoms with Crippen molar-refractivity contribution in [3.05, 3.63) is 54.4 Å². The number of hydrogen-bond acceptors (Lipinski definition) is 6. The highest BCUT2D eigenvalue weighted by Gasteiger charge is 2.44. The van der Waals surface area contributed by atoms with Crippen molar-refractivity contribution in [3.63, 3.8) is 0 Å². The Labute approximate surface area is 157 Å². The van der Waals surface area contributed by atoms with E-state index in [0.29, 0.717) is 11.3 Å². The number of rotatable bonds is 5. The summed E-state index contributed by atoms with van der Waals surface area (Å²) < 4.78 is 33.1. The van der Waals surface area contributed by atoms with Crippen molar-refractivity contribution in [2.75, 3.05) is 13.6 Å². The number of carbonyl (C=O) groups excluding carboxylic acids is 1. The van der Waals surface area contributed by atoms with Crippen LogP contribution in [0.1, 0.15) is 12.0 Å². The summed E-state index contributed by atoms with van der Waals surface area (Å²) in [6.07, 6.45) is 2.89. The summed E-state index contributed by atoms with van der Waals surface area (Å²) in [6, 6.07) is 10.1. The number of benzene rings is 1. The summed E-state index contributed by atoms with van der Waals surface area (Å²) in [6.45, 7) is 0.0370. The number of aromatic nitrogens is 1. The molecular weight excluding hydrogens is 368 g/mol. The Morgan fingerprint density at radius 1 is 1.33 bits per heavy atom. The third-order valence-electron chi connectivity index (χ3n) is 4.29. The summed E-state index contributed by atoms with van der Waals surface area (Å²) in [5.74, 6) is 0.111. The summed E-state index contributed by atoms with van der Waals surface area (Å²) in [4.78, 5) is 16.3. The number of ether oxygens (including phenoxy) is 1. The first-order valence-corrected chi connectivity index (χ1v) is 9.70. The summed E-state index contributed by atoms with van der Waals surface area (Å²) in [7, 11) is -2.46. The highest BCUT2D eigenvalue weighted by atomic mass is 32.2. The van der Waals surface area contributed by atoms with E-state index in [2.05, 4.69) is 10.3 Å². The number of amides is 1. The number of carbonyl (C=O) groups is 1. The normalized spacial score (nSPS) is 20.0. The molecule has 0 bridgehead atoms. The third-order valence-corrected chi connectivity index (χ3v) is 6.18. The van der Waals surface area contributed by atoms with E-state index in [1.165, 1.54) is 37.5 Å². The molecule has 0 spiro atoms. The second kappa shape index (κ2) is 7.73. The van der Waals surface area contributed by atoms with Gasteiger partial charge in [0.1, 0.15) is 17.9 Å². The van der Waals surface area contributed by atoms with Crippen molar-refractivity contribution in [2.45, 2.75) is 23.5 Å². The van der Waals surface area contributed by atoms with Crippen LogP contribution < -0.4 is 10.1 Å². The van der Waals surface area contributed by atoms with Gasteiger partial charge in [0.2, 0.25) is 15.9 Å². The van der Waals surface area contributed by atoms with Crippen LogP contribution in [-0.2, 0) is 14.8 Å². The van der Waals surface area contributed by atoms with E-state index in [4.69, 9.17) is 10.00 Å². The molecule has 0 unspecified atom stereocenters. The first-order chi connectivity index (χ1) is 13.0. The van der Waals surface area contributed by atoms with Gasteiger partial charge in [-0.05, 0) is 36.4 Å². The molecule has 2 atom stereocenters. The van der Waals surface area contributed by atoms with Crippen molar-refractivity contribution < 1.29 is 17.9 Å². The summed E-state index contributed by atoms with van der Waals surface area (Å²) in [5, 5.41) is 11.4. The number of nitriles is 1. The maximum atomic E-state index is 13.1. The Balaban J connectivity index is 1.88. The molecule has 2 aromatic rings. The maximum Gasteiger partial charge on any atom is 0.243 e. The molecule has 1 aromatic heterocycles. The largest absolute Gasteiger partial charge is 0.487 e. The van der Waals surface area contributed by atoms with Crippen molar-refractivity contribution in [1.82, 2.24) is 14.6 Å². The standard InChI is InChI=1S/C18H18N4O4S/c1-20-18(23)17-9-15(26-14-3-2-8-21-11-14)12-22(17)27(24,25)16-6-4-13(10-19)5-7-16/h2-8,11,15,17H,9,12H2,1H3,(H,20,23)/t15-,17-/m0/s1. The van der Waals surface area contributed by atoms with Crippen LogP contribution in [0.5, 0.6) is 5.75 Å². The highest BCUT2D eigenvalue weighted by molar-refractivity contribution is 7.89. The van der Waals surface area contributed by atoms with Crippen molar-refractivity contribution >= 4 is 15.9 Å². The lowest BCUT2D eigenvalue weighted by Crippen LogP contribution is -2.44. The Morgan fingerprint density at radius 3 is 2.67 bits per heavy atom. The minimum absolute atomic E-state index is 0.0254. The smallest absolute Gasteiger partial charge is 0.243 e. The van der Waals surface area contributed by atoms with E-state index >= 15 is 0 Å². The van der Waals surface area contributed by atoms with Crippen LogP contribution in [0.25, 0.3) is 0 Å². The monoisotopic (exact) mass is 386 g/mol. The molecule has 1 fully saturated rings. The fraction of sp³-hybridized carbons (Fsp3) is 0.278. The van der Waals surface area contributed by atoms with E-state index in [9.17, 15) is 13.2 Å². The fourth-order valence-electron chi connectivity index (χ4n) is 2.97. The number of sulfonamides is 1. The molecule has 2 heterocycles. The molecule has 1 amide bonds. The number of hydrogen-bond donors (Lipinski definition) is 1. The first kappa shape index (κ1) is 18.8. The molecule has 0 radical (unpaired) electrons. The Morgan fingerprint density at radius 2 is 2.07 bits per heavy atom.